The summed E-state index contributed by atoms with van der Waals surface area (Å²) < 4.78 is 54.8. The molecule has 4 nitrogen and oxygen atoms in total. The van der Waals surface area contributed by atoms with E-state index in [9.17, 15) is 22.4 Å². The van der Waals surface area contributed by atoms with Gasteiger partial charge in [0.05, 0.1) is 6.04 Å². The molecule has 26 heavy (non-hydrogen) atoms. The maximum Gasteiger partial charge on any atom is 0.573 e. The Labute approximate surface area is 148 Å². The lowest BCUT2D eigenvalue weighted by atomic mass is 10.0. The van der Waals surface area contributed by atoms with Crippen molar-refractivity contribution in [1.29, 1.82) is 0 Å². The van der Waals surface area contributed by atoms with Gasteiger partial charge in [-0.15, -0.1) is 13.2 Å². The molecule has 1 atom stereocenters. The zero-order valence-corrected chi connectivity index (χ0v) is 14.4. The van der Waals surface area contributed by atoms with Crippen molar-refractivity contribution in [2.45, 2.75) is 39.6 Å². The fourth-order valence-corrected chi connectivity index (χ4v) is 2.41. The standard InChI is InChI=1S/C18H18F4N2O2/c1-4-12-7-14(10(2)9-23-12)17(25)24-11(3)15-8-13(5-6-16(15)19)26-18(20,21)22/h5-9,11H,4H2,1-3H3,(H,24,25)/t11-/m1/s1. The number of halogens is 4. The van der Waals surface area contributed by atoms with E-state index in [2.05, 4.69) is 15.0 Å². The van der Waals surface area contributed by atoms with E-state index in [1.54, 1.807) is 19.2 Å². The van der Waals surface area contributed by atoms with E-state index in [4.69, 9.17) is 0 Å². The molecule has 8 heteroatoms. The lowest BCUT2D eigenvalue weighted by Crippen LogP contribution is -2.28. The molecular weight excluding hydrogens is 352 g/mol. The molecule has 0 aliphatic rings. The average Bonchev–Trinajstić information content (AvgIpc) is 2.55. The van der Waals surface area contributed by atoms with Crippen molar-refractivity contribution >= 4 is 5.91 Å². The van der Waals surface area contributed by atoms with Crippen LogP contribution in [0.25, 0.3) is 0 Å². The van der Waals surface area contributed by atoms with Gasteiger partial charge in [0.2, 0.25) is 0 Å². The number of carbonyl (C=O) groups excluding carboxylic acids is 1. The van der Waals surface area contributed by atoms with Crippen molar-refractivity contribution in [3.05, 3.63) is 58.7 Å². The molecule has 2 aromatic rings. The van der Waals surface area contributed by atoms with E-state index in [0.29, 0.717) is 17.5 Å². The summed E-state index contributed by atoms with van der Waals surface area (Å²) in [6.45, 7) is 5.08. The SMILES string of the molecule is CCc1cc(C(=O)N[C@H](C)c2cc(OC(F)(F)F)ccc2F)c(C)cn1. The number of aromatic nitrogens is 1. The first-order valence-corrected chi connectivity index (χ1v) is 7.92. The topological polar surface area (TPSA) is 51.2 Å². The predicted octanol–water partition coefficient (Wildman–Crippen LogP) is 4.48. The molecule has 140 valence electrons. The maximum absolute atomic E-state index is 14.0. The Morgan fingerprint density at radius 3 is 2.62 bits per heavy atom. The number of carbonyl (C=O) groups is 1. The molecule has 1 heterocycles. The molecule has 1 aromatic heterocycles. The summed E-state index contributed by atoms with van der Waals surface area (Å²) in [5.41, 5.74) is 1.64. The van der Waals surface area contributed by atoms with Crippen LogP contribution in [-0.4, -0.2) is 17.3 Å². The number of nitrogens with zero attached hydrogens (tertiary/aromatic N) is 1. The third kappa shape index (κ3) is 4.93. The summed E-state index contributed by atoms with van der Waals surface area (Å²) in [7, 11) is 0. The number of amides is 1. The van der Waals surface area contributed by atoms with Gasteiger partial charge in [-0.05, 0) is 50.1 Å². The molecule has 0 saturated heterocycles. The van der Waals surface area contributed by atoms with Crippen molar-refractivity contribution in [2.75, 3.05) is 0 Å². The van der Waals surface area contributed by atoms with Gasteiger partial charge in [-0.2, -0.15) is 0 Å². The largest absolute Gasteiger partial charge is 0.573 e. The van der Waals surface area contributed by atoms with Gasteiger partial charge in [-0.1, -0.05) is 6.92 Å². The van der Waals surface area contributed by atoms with Gasteiger partial charge >= 0.3 is 6.36 Å². The molecular formula is C18H18F4N2O2. The smallest absolute Gasteiger partial charge is 0.406 e. The van der Waals surface area contributed by atoms with Crippen molar-refractivity contribution in [3.63, 3.8) is 0 Å². The second-order valence-electron chi connectivity index (χ2n) is 5.77. The number of alkyl halides is 3. The number of nitrogens with one attached hydrogen (secondary N) is 1. The van der Waals surface area contributed by atoms with E-state index >= 15 is 0 Å². The second kappa shape index (κ2) is 7.72. The van der Waals surface area contributed by atoms with Gasteiger partial charge in [0, 0.05) is 23.0 Å². The summed E-state index contributed by atoms with van der Waals surface area (Å²) in [6.07, 6.45) is -2.68. The van der Waals surface area contributed by atoms with Crippen LogP contribution in [0.3, 0.4) is 0 Å². The highest BCUT2D eigenvalue weighted by Gasteiger charge is 2.31. The summed E-state index contributed by atoms with van der Waals surface area (Å²) in [5.74, 6) is -1.76. The number of benzene rings is 1. The zero-order valence-electron chi connectivity index (χ0n) is 14.4. The summed E-state index contributed by atoms with van der Waals surface area (Å²) in [5, 5.41) is 2.59. The highest BCUT2D eigenvalue weighted by Crippen LogP contribution is 2.27. The monoisotopic (exact) mass is 370 g/mol. The highest BCUT2D eigenvalue weighted by molar-refractivity contribution is 5.95. The third-order valence-electron chi connectivity index (χ3n) is 3.78. The summed E-state index contributed by atoms with van der Waals surface area (Å²) >= 11 is 0. The maximum atomic E-state index is 14.0. The van der Waals surface area contributed by atoms with Gasteiger partial charge < -0.3 is 10.1 Å². The van der Waals surface area contributed by atoms with Gasteiger partial charge in [0.25, 0.3) is 5.91 Å². The average molecular weight is 370 g/mol. The van der Waals surface area contributed by atoms with Crippen LogP contribution in [0, 0.1) is 12.7 Å². The van der Waals surface area contributed by atoms with Crippen LogP contribution in [-0.2, 0) is 6.42 Å². The van der Waals surface area contributed by atoms with Crippen molar-refractivity contribution in [3.8, 4) is 5.75 Å². The number of aryl methyl sites for hydroxylation is 2. The first kappa shape index (κ1) is 19.7. The van der Waals surface area contributed by atoms with E-state index in [-0.39, 0.29) is 5.56 Å². The molecule has 1 amide bonds. The van der Waals surface area contributed by atoms with Crippen LogP contribution in [0.2, 0.25) is 0 Å². The predicted molar refractivity (Wildman–Crippen MR) is 87.3 cm³/mol. The molecule has 0 saturated carbocycles. The fraction of sp³-hybridized carbons (Fsp3) is 0.333. The molecule has 0 unspecified atom stereocenters. The Balaban J connectivity index is 2.23. The molecule has 1 N–H and O–H groups in total. The lowest BCUT2D eigenvalue weighted by Gasteiger charge is -2.18. The molecule has 0 aliphatic carbocycles. The quantitative estimate of drug-likeness (QED) is 0.790. The summed E-state index contributed by atoms with van der Waals surface area (Å²) in [4.78, 5) is 16.6. The van der Waals surface area contributed by atoms with Gasteiger partial charge in [0.15, 0.2) is 0 Å². The van der Waals surface area contributed by atoms with Crippen LogP contribution < -0.4 is 10.1 Å². The highest BCUT2D eigenvalue weighted by atomic mass is 19.4. The van der Waals surface area contributed by atoms with Gasteiger partial charge in [-0.3, -0.25) is 9.78 Å². The Morgan fingerprint density at radius 1 is 1.31 bits per heavy atom. The Morgan fingerprint density at radius 2 is 2.00 bits per heavy atom. The minimum atomic E-state index is -4.88. The Hall–Kier alpha value is -2.64. The van der Waals surface area contributed by atoms with Crippen LogP contribution in [0.5, 0.6) is 5.75 Å². The molecule has 0 aliphatic heterocycles. The Bertz CT molecular complexity index is 806. The van der Waals surface area contributed by atoms with E-state index in [0.717, 1.165) is 23.9 Å². The lowest BCUT2D eigenvalue weighted by molar-refractivity contribution is -0.274. The number of pyridine rings is 1. The molecule has 2 rings (SSSR count). The Kier molecular flexibility index (Phi) is 5.84. The van der Waals surface area contributed by atoms with Crippen LogP contribution in [0.1, 0.15) is 47.1 Å². The molecule has 0 bridgehead atoms. The number of hydrogen-bond donors (Lipinski definition) is 1. The second-order valence-corrected chi connectivity index (χ2v) is 5.77. The van der Waals surface area contributed by atoms with Crippen LogP contribution in [0.4, 0.5) is 17.6 Å². The molecule has 1 aromatic carbocycles. The first-order valence-electron chi connectivity index (χ1n) is 7.92. The molecule has 0 radical (unpaired) electrons. The van der Waals surface area contributed by atoms with Crippen LogP contribution in [0.15, 0.2) is 30.5 Å². The third-order valence-corrected chi connectivity index (χ3v) is 3.78. The van der Waals surface area contributed by atoms with Crippen molar-refractivity contribution in [1.82, 2.24) is 10.3 Å². The number of rotatable bonds is 5. The minimum Gasteiger partial charge on any atom is -0.406 e. The summed E-state index contributed by atoms with van der Waals surface area (Å²) in [6, 6.07) is 3.44. The first-order chi connectivity index (χ1) is 12.1. The minimum absolute atomic E-state index is 0.109. The number of hydrogen-bond acceptors (Lipinski definition) is 3. The van der Waals surface area contributed by atoms with Crippen molar-refractivity contribution in [2.24, 2.45) is 0 Å². The van der Waals surface area contributed by atoms with Gasteiger partial charge in [0.1, 0.15) is 11.6 Å². The number of ether oxygens (including phenoxy) is 1. The van der Waals surface area contributed by atoms with Crippen LogP contribution >= 0.6 is 0 Å². The fourth-order valence-electron chi connectivity index (χ4n) is 2.41. The molecule has 0 fully saturated rings. The van der Waals surface area contributed by atoms with E-state index in [1.807, 2.05) is 6.92 Å². The van der Waals surface area contributed by atoms with Crippen molar-refractivity contribution < 1.29 is 27.1 Å². The van der Waals surface area contributed by atoms with E-state index in [1.165, 1.54) is 6.92 Å². The molecule has 0 spiro atoms. The zero-order chi connectivity index (χ0) is 19.5. The van der Waals surface area contributed by atoms with Gasteiger partial charge in [-0.25, -0.2) is 4.39 Å². The normalized spacial score (nSPS) is 12.6. The van der Waals surface area contributed by atoms with E-state index < -0.39 is 29.9 Å².